The lowest BCUT2D eigenvalue weighted by Gasteiger charge is -2.31. The molecule has 0 saturated heterocycles. The summed E-state index contributed by atoms with van der Waals surface area (Å²) in [6.07, 6.45) is 0. The highest BCUT2D eigenvalue weighted by Gasteiger charge is 2.39. The van der Waals surface area contributed by atoms with Crippen molar-refractivity contribution >= 4 is 60.5 Å². The third-order valence-electron chi connectivity index (χ3n) is 5.41. The standard InChI is InChI=1S/C24H31ClSi3/c1-26(2,3)22-17-23(27(4,5)6)19-24(18-22)28(25,20-13-9-7-10-14-20)21-15-11-8-12-16-21/h7-19H,1-6H3. The van der Waals surface area contributed by atoms with Crippen LogP contribution in [0.25, 0.3) is 0 Å². The first-order valence-electron chi connectivity index (χ1n) is 9.99. The van der Waals surface area contributed by atoms with Crippen molar-refractivity contribution in [1.82, 2.24) is 0 Å². The fourth-order valence-electron chi connectivity index (χ4n) is 3.53. The summed E-state index contributed by atoms with van der Waals surface area (Å²) in [7, 11) is -5.52. The number of hydrogen-bond acceptors (Lipinski definition) is 0. The van der Waals surface area contributed by atoms with Crippen molar-refractivity contribution in [2.45, 2.75) is 39.3 Å². The van der Waals surface area contributed by atoms with E-state index in [-0.39, 0.29) is 0 Å². The second kappa shape index (κ2) is 7.79. The predicted octanol–water partition coefficient (Wildman–Crippen LogP) is 3.98. The minimum absolute atomic E-state index is 1.26. The van der Waals surface area contributed by atoms with Crippen molar-refractivity contribution < 1.29 is 0 Å². The quantitative estimate of drug-likeness (QED) is 0.321. The van der Waals surface area contributed by atoms with Gasteiger partial charge in [-0.1, -0.05) is 129 Å². The van der Waals surface area contributed by atoms with E-state index in [4.69, 9.17) is 11.1 Å². The Hall–Kier alpha value is -1.40. The Kier molecular flexibility index (Phi) is 5.93. The Balaban J connectivity index is 2.35. The summed E-state index contributed by atoms with van der Waals surface area (Å²) in [6, 6.07) is 28.8. The molecule has 0 heterocycles. The summed E-state index contributed by atoms with van der Waals surface area (Å²) in [5.74, 6) is 0. The van der Waals surface area contributed by atoms with Gasteiger partial charge in [0.1, 0.15) is 0 Å². The lowest BCUT2D eigenvalue weighted by atomic mass is 10.3. The molecule has 0 atom stereocenters. The molecule has 4 heteroatoms. The minimum atomic E-state index is -2.58. The fraction of sp³-hybridized carbons (Fsp3) is 0.250. The molecule has 3 aromatic rings. The molecule has 0 aromatic heterocycles. The maximum Gasteiger partial charge on any atom is 0.247 e. The second-order valence-electron chi connectivity index (χ2n) is 9.69. The molecular weight excluding hydrogens is 408 g/mol. The average molecular weight is 439 g/mol. The zero-order chi connectivity index (χ0) is 20.6. The van der Waals surface area contributed by atoms with Crippen LogP contribution in [0.5, 0.6) is 0 Å². The Morgan fingerprint density at radius 1 is 0.464 bits per heavy atom. The normalized spacial score (nSPS) is 12.8. The molecule has 146 valence electrons. The van der Waals surface area contributed by atoms with Crippen LogP contribution in [-0.2, 0) is 0 Å². The second-order valence-corrected chi connectivity index (χ2v) is 24.6. The molecule has 0 N–H and O–H groups in total. The van der Waals surface area contributed by atoms with Gasteiger partial charge >= 0.3 is 0 Å². The Labute approximate surface area is 178 Å². The highest BCUT2D eigenvalue weighted by Crippen LogP contribution is 2.14. The summed E-state index contributed by atoms with van der Waals surface area (Å²) in [5, 5.41) is 6.90. The van der Waals surface area contributed by atoms with E-state index in [2.05, 4.69) is 118 Å². The molecule has 0 radical (unpaired) electrons. The maximum atomic E-state index is 7.73. The van der Waals surface area contributed by atoms with Crippen LogP contribution in [0.1, 0.15) is 0 Å². The van der Waals surface area contributed by atoms with Crippen molar-refractivity contribution in [3.8, 4) is 0 Å². The zero-order valence-corrected chi connectivity index (χ0v) is 21.6. The summed E-state index contributed by atoms with van der Waals surface area (Å²) in [6.45, 7) is 14.6. The molecule has 3 rings (SSSR count). The van der Waals surface area contributed by atoms with E-state index in [1.165, 1.54) is 25.9 Å². The molecule has 0 bridgehead atoms. The van der Waals surface area contributed by atoms with E-state index >= 15 is 0 Å². The Bertz CT molecular complexity index is 867. The Morgan fingerprint density at radius 2 is 0.786 bits per heavy atom. The molecule has 28 heavy (non-hydrogen) atoms. The van der Waals surface area contributed by atoms with Gasteiger partial charge in [0.2, 0.25) is 7.38 Å². The van der Waals surface area contributed by atoms with Gasteiger partial charge in [0.25, 0.3) is 0 Å². The van der Waals surface area contributed by atoms with Crippen LogP contribution in [0, 0.1) is 0 Å². The van der Waals surface area contributed by atoms with Crippen LogP contribution >= 0.6 is 11.1 Å². The molecule has 0 aliphatic heterocycles. The van der Waals surface area contributed by atoms with Crippen molar-refractivity contribution in [3.05, 3.63) is 78.9 Å². The van der Waals surface area contributed by atoms with Crippen molar-refractivity contribution in [1.29, 1.82) is 0 Å². The monoisotopic (exact) mass is 438 g/mol. The lowest BCUT2D eigenvalue weighted by molar-refractivity contribution is 1.67. The third kappa shape index (κ3) is 4.28. The molecule has 3 aromatic carbocycles. The number of halogens is 1. The highest BCUT2D eigenvalue weighted by molar-refractivity contribution is 7.40. The van der Waals surface area contributed by atoms with Gasteiger partial charge in [-0.2, -0.15) is 0 Å². The van der Waals surface area contributed by atoms with Crippen LogP contribution in [0.2, 0.25) is 39.3 Å². The molecule has 0 aliphatic carbocycles. The summed E-state index contributed by atoms with van der Waals surface area (Å²) >= 11 is 7.73. The molecule has 0 aliphatic rings. The molecular formula is C24H31ClSi3. The first-order chi connectivity index (χ1) is 13.0. The van der Waals surface area contributed by atoms with E-state index in [1.807, 2.05) is 0 Å². The van der Waals surface area contributed by atoms with Gasteiger partial charge in [0.15, 0.2) is 0 Å². The number of rotatable bonds is 5. The summed E-state index contributed by atoms with van der Waals surface area (Å²) < 4.78 is 0. The minimum Gasteiger partial charge on any atom is -0.149 e. The largest absolute Gasteiger partial charge is 0.247 e. The van der Waals surface area contributed by atoms with Crippen molar-refractivity contribution in [2.24, 2.45) is 0 Å². The summed E-state index contributed by atoms with van der Waals surface area (Å²) in [5.41, 5.74) is 0. The van der Waals surface area contributed by atoms with Crippen LogP contribution < -0.4 is 25.9 Å². The van der Waals surface area contributed by atoms with Crippen molar-refractivity contribution in [2.75, 3.05) is 0 Å². The van der Waals surface area contributed by atoms with E-state index in [0.29, 0.717) is 0 Å². The molecule has 0 spiro atoms. The van der Waals surface area contributed by atoms with Gasteiger partial charge in [-0.3, -0.25) is 0 Å². The van der Waals surface area contributed by atoms with E-state index in [1.54, 1.807) is 0 Å². The van der Waals surface area contributed by atoms with Crippen LogP contribution in [0.4, 0.5) is 0 Å². The third-order valence-corrected chi connectivity index (χ3v) is 14.8. The average Bonchev–Trinajstić information content (AvgIpc) is 2.67. The van der Waals surface area contributed by atoms with Gasteiger partial charge in [-0.05, 0) is 15.6 Å². The fourth-order valence-corrected chi connectivity index (χ4v) is 10.4. The molecule has 0 fully saturated rings. The van der Waals surface area contributed by atoms with Crippen molar-refractivity contribution in [3.63, 3.8) is 0 Å². The SMILES string of the molecule is C[Si](C)(C)c1cc([Si](C)(C)C)cc([Si](Cl)(c2ccccc2)c2ccccc2)c1. The smallest absolute Gasteiger partial charge is 0.149 e. The van der Waals surface area contributed by atoms with Gasteiger partial charge in [0, 0.05) is 0 Å². The molecule has 0 unspecified atom stereocenters. The van der Waals surface area contributed by atoms with Gasteiger partial charge in [0.05, 0.1) is 16.1 Å². The molecule has 0 nitrogen and oxygen atoms in total. The van der Waals surface area contributed by atoms with E-state index < -0.39 is 23.5 Å². The summed E-state index contributed by atoms with van der Waals surface area (Å²) in [4.78, 5) is 0. The van der Waals surface area contributed by atoms with Crippen LogP contribution in [0.3, 0.4) is 0 Å². The topological polar surface area (TPSA) is 0 Å². The molecule has 0 saturated carbocycles. The van der Waals surface area contributed by atoms with Gasteiger partial charge < -0.3 is 0 Å². The predicted molar refractivity (Wildman–Crippen MR) is 136 cm³/mol. The first-order valence-corrected chi connectivity index (χ1v) is 20.0. The molecule has 0 amide bonds. The highest BCUT2D eigenvalue weighted by atomic mass is 35.6. The van der Waals surface area contributed by atoms with Crippen LogP contribution in [0.15, 0.2) is 78.9 Å². The zero-order valence-electron chi connectivity index (χ0n) is 17.9. The van der Waals surface area contributed by atoms with Gasteiger partial charge in [-0.25, -0.2) is 0 Å². The number of benzene rings is 3. The van der Waals surface area contributed by atoms with E-state index in [0.717, 1.165) is 0 Å². The van der Waals surface area contributed by atoms with Gasteiger partial charge in [-0.15, -0.1) is 11.1 Å². The lowest BCUT2D eigenvalue weighted by Crippen LogP contribution is -2.65. The van der Waals surface area contributed by atoms with Crippen LogP contribution in [-0.4, -0.2) is 23.5 Å². The Morgan fingerprint density at radius 3 is 1.11 bits per heavy atom. The first kappa shape index (κ1) is 21.3. The van der Waals surface area contributed by atoms with E-state index in [9.17, 15) is 0 Å². The maximum absolute atomic E-state index is 7.73. The number of hydrogen-bond donors (Lipinski definition) is 0.